The molecule has 0 spiro atoms. The van der Waals surface area contributed by atoms with Crippen LogP contribution in [0.1, 0.15) is 27.6 Å². The summed E-state index contributed by atoms with van der Waals surface area (Å²) in [6.07, 6.45) is 1.61. The molecule has 6 nitrogen and oxygen atoms in total. The first-order valence-electron chi connectivity index (χ1n) is 7.17. The van der Waals surface area contributed by atoms with Crippen molar-refractivity contribution in [3.05, 3.63) is 71.5 Å². The molecular formula is C17H16N2O4. The summed E-state index contributed by atoms with van der Waals surface area (Å²) in [6, 6.07) is 12.6. The van der Waals surface area contributed by atoms with Crippen LogP contribution < -0.4 is 5.32 Å². The first-order chi connectivity index (χ1) is 11.2. The SMILES string of the molecule is Cc1cc(COC(=O)c2ccccc2NCc2ccco2)on1. The lowest BCUT2D eigenvalue weighted by molar-refractivity contribution is 0.0438. The number of furan rings is 1. The molecule has 0 aliphatic carbocycles. The number of nitrogens with one attached hydrogen (secondary N) is 1. The number of hydrogen-bond donors (Lipinski definition) is 1. The molecule has 1 aromatic carbocycles. The number of carbonyl (C=O) groups is 1. The van der Waals surface area contributed by atoms with E-state index in [1.807, 2.05) is 31.2 Å². The number of carbonyl (C=O) groups excluding carboxylic acids is 1. The summed E-state index contributed by atoms with van der Waals surface area (Å²) >= 11 is 0. The zero-order valence-corrected chi connectivity index (χ0v) is 12.6. The molecule has 1 N–H and O–H groups in total. The molecule has 0 saturated carbocycles. The molecule has 0 aliphatic heterocycles. The number of esters is 1. The van der Waals surface area contributed by atoms with Crippen molar-refractivity contribution >= 4 is 11.7 Å². The summed E-state index contributed by atoms with van der Waals surface area (Å²) in [5.74, 6) is 0.865. The first-order valence-corrected chi connectivity index (χ1v) is 7.17. The van der Waals surface area contributed by atoms with Crippen LogP contribution in [0.5, 0.6) is 0 Å². The van der Waals surface area contributed by atoms with E-state index in [-0.39, 0.29) is 6.61 Å². The minimum atomic E-state index is -0.429. The molecule has 118 valence electrons. The van der Waals surface area contributed by atoms with Crippen LogP contribution in [0.15, 0.2) is 57.7 Å². The molecule has 2 heterocycles. The standard InChI is InChI=1S/C17H16N2O4/c1-12-9-14(23-19-12)11-22-17(20)15-6-2-3-7-16(15)18-10-13-5-4-8-21-13/h2-9,18H,10-11H2,1H3. The first kappa shape index (κ1) is 14.9. The Morgan fingerprint density at radius 3 is 2.83 bits per heavy atom. The van der Waals surface area contributed by atoms with Crippen LogP contribution in [-0.4, -0.2) is 11.1 Å². The van der Waals surface area contributed by atoms with Gasteiger partial charge in [-0.05, 0) is 31.2 Å². The van der Waals surface area contributed by atoms with Crippen molar-refractivity contribution in [1.29, 1.82) is 0 Å². The number of rotatable bonds is 6. The van der Waals surface area contributed by atoms with E-state index < -0.39 is 5.97 Å². The van der Waals surface area contributed by atoms with Gasteiger partial charge in [0.15, 0.2) is 12.4 Å². The molecule has 3 rings (SSSR count). The van der Waals surface area contributed by atoms with Gasteiger partial charge in [0.1, 0.15) is 5.76 Å². The van der Waals surface area contributed by atoms with Gasteiger partial charge in [-0.2, -0.15) is 0 Å². The van der Waals surface area contributed by atoms with Crippen LogP contribution in [0.4, 0.5) is 5.69 Å². The molecule has 3 aromatic rings. The van der Waals surface area contributed by atoms with Crippen molar-refractivity contribution in [2.75, 3.05) is 5.32 Å². The Morgan fingerprint density at radius 2 is 2.09 bits per heavy atom. The summed E-state index contributed by atoms with van der Waals surface area (Å²) < 4.78 is 15.6. The van der Waals surface area contributed by atoms with Gasteiger partial charge in [0.2, 0.25) is 0 Å². The van der Waals surface area contributed by atoms with Gasteiger partial charge < -0.3 is 19.0 Å². The van der Waals surface area contributed by atoms with Gasteiger partial charge in [0.05, 0.1) is 24.1 Å². The molecule has 2 aromatic heterocycles. The molecule has 0 unspecified atom stereocenters. The average molecular weight is 312 g/mol. The Labute approximate surface area is 133 Å². The summed E-state index contributed by atoms with van der Waals surface area (Å²) in [7, 11) is 0. The highest BCUT2D eigenvalue weighted by Crippen LogP contribution is 2.18. The van der Waals surface area contributed by atoms with Crippen molar-refractivity contribution in [2.24, 2.45) is 0 Å². The maximum Gasteiger partial charge on any atom is 0.340 e. The number of hydrogen-bond acceptors (Lipinski definition) is 6. The number of aryl methyl sites for hydroxylation is 1. The van der Waals surface area contributed by atoms with E-state index in [9.17, 15) is 4.79 Å². The summed E-state index contributed by atoms with van der Waals surface area (Å²) in [5, 5.41) is 6.92. The van der Waals surface area contributed by atoms with Crippen LogP contribution in [0, 0.1) is 6.92 Å². The predicted molar refractivity (Wildman–Crippen MR) is 82.8 cm³/mol. The Bertz CT molecular complexity index is 778. The number of aromatic nitrogens is 1. The van der Waals surface area contributed by atoms with Crippen molar-refractivity contribution < 1.29 is 18.5 Å². The van der Waals surface area contributed by atoms with Gasteiger partial charge in [-0.3, -0.25) is 0 Å². The van der Waals surface area contributed by atoms with E-state index >= 15 is 0 Å². The second-order valence-corrected chi connectivity index (χ2v) is 4.99. The Hall–Kier alpha value is -3.02. The van der Waals surface area contributed by atoms with Crippen LogP contribution in [0.3, 0.4) is 0 Å². The lowest BCUT2D eigenvalue weighted by atomic mass is 10.2. The summed E-state index contributed by atoms with van der Waals surface area (Å²) in [5.41, 5.74) is 1.88. The van der Waals surface area contributed by atoms with E-state index in [1.54, 1.807) is 24.5 Å². The van der Waals surface area contributed by atoms with Gasteiger partial charge in [0.25, 0.3) is 0 Å². The van der Waals surface area contributed by atoms with Gasteiger partial charge >= 0.3 is 5.97 Å². The van der Waals surface area contributed by atoms with E-state index in [1.165, 1.54) is 0 Å². The highest BCUT2D eigenvalue weighted by atomic mass is 16.5. The van der Waals surface area contributed by atoms with Crippen molar-refractivity contribution in [3.8, 4) is 0 Å². The van der Waals surface area contributed by atoms with Crippen molar-refractivity contribution in [3.63, 3.8) is 0 Å². The van der Waals surface area contributed by atoms with Crippen molar-refractivity contribution in [2.45, 2.75) is 20.1 Å². The lowest BCUT2D eigenvalue weighted by Gasteiger charge is -2.10. The minimum Gasteiger partial charge on any atom is -0.467 e. The zero-order valence-electron chi connectivity index (χ0n) is 12.6. The smallest absolute Gasteiger partial charge is 0.340 e. The molecule has 0 amide bonds. The molecule has 0 fully saturated rings. The molecule has 0 bridgehead atoms. The molecule has 0 aliphatic rings. The number of para-hydroxylation sites is 1. The zero-order chi connectivity index (χ0) is 16.1. The lowest BCUT2D eigenvalue weighted by Crippen LogP contribution is -2.09. The number of benzene rings is 1. The third-order valence-corrected chi connectivity index (χ3v) is 3.20. The maximum absolute atomic E-state index is 12.3. The Balaban J connectivity index is 1.65. The fraction of sp³-hybridized carbons (Fsp3) is 0.176. The molecule has 23 heavy (non-hydrogen) atoms. The quantitative estimate of drug-likeness (QED) is 0.701. The van der Waals surface area contributed by atoms with Crippen LogP contribution in [-0.2, 0) is 17.9 Å². The third kappa shape index (κ3) is 3.79. The maximum atomic E-state index is 12.3. The van der Waals surface area contributed by atoms with E-state index in [4.69, 9.17) is 13.7 Å². The van der Waals surface area contributed by atoms with Crippen molar-refractivity contribution in [1.82, 2.24) is 5.16 Å². The molecule has 0 radical (unpaired) electrons. The highest BCUT2D eigenvalue weighted by Gasteiger charge is 2.14. The summed E-state index contributed by atoms with van der Waals surface area (Å²) in [6.45, 7) is 2.34. The molecule has 0 atom stereocenters. The predicted octanol–water partition coefficient (Wildman–Crippen LogP) is 3.55. The van der Waals surface area contributed by atoms with E-state index in [2.05, 4.69) is 10.5 Å². The second kappa shape index (κ2) is 6.83. The van der Waals surface area contributed by atoms with Gasteiger partial charge in [0, 0.05) is 11.8 Å². The number of ether oxygens (including phenoxy) is 1. The Kier molecular flexibility index (Phi) is 4.42. The fourth-order valence-electron chi connectivity index (χ4n) is 2.11. The molecular weight excluding hydrogens is 296 g/mol. The normalized spacial score (nSPS) is 10.5. The number of anilines is 1. The van der Waals surface area contributed by atoms with Gasteiger partial charge in [-0.1, -0.05) is 17.3 Å². The van der Waals surface area contributed by atoms with Crippen LogP contribution in [0.2, 0.25) is 0 Å². The number of nitrogens with zero attached hydrogens (tertiary/aromatic N) is 1. The molecule has 0 saturated heterocycles. The van der Waals surface area contributed by atoms with Crippen LogP contribution >= 0.6 is 0 Å². The van der Waals surface area contributed by atoms with E-state index in [0.717, 1.165) is 11.5 Å². The highest BCUT2D eigenvalue weighted by molar-refractivity contribution is 5.95. The topological polar surface area (TPSA) is 77.5 Å². The monoisotopic (exact) mass is 312 g/mol. The third-order valence-electron chi connectivity index (χ3n) is 3.20. The summed E-state index contributed by atoms with van der Waals surface area (Å²) in [4.78, 5) is 12.3. The average Bonchev–Trinajstić information content (AvgIpc) is 3.22. The molecule has 6 heteroatoms. The van der Waals surface area contributed by atoms with Gasteiger partial charge in [-0.25, -0.2) is 4.79 Å². The Morgan fingerprint density at radius 1 is 1.22 bits per heavy atom. The largest absolute Gasteiger partial charge is 0.467 e. The van der Waals surface area contributed by atoms with Gasteiger partial charge in [-0.15, -0.1) is 0 Å². The fourth-order valence-corrected chi connectivity index (χ4v) is 2.11. The minimum absolute atomic E-state index is 0.0478. The van der Waals surface area contributed by atoms with E-state index in [0.29, 0.717) is 23.6 Å². The van der Waals surface area contributed by atoms with Crippen LogP contribution in [0.25, 0.3) is 0 Å². The second-order valence-electron chi connectivity index (χ2n) is 4.99.